The van der Waals surface area contributed by atoms with Gasteiger partial charge in [0, 0.05) is 31.5 Å². The van der Waals surface area contributed by atoms with E-state index >= 15 is 0 Å². The first-order chi connectivity index (χ1) is 15.0. The van der Waals surface area contributed by atoms with Crippen LogP contribution in [0.3, 0.4) is 0 Å². The standard InChI is InChI=1S/C19H18ClF3N6O2S/c1-29(32(2,30)31)17-12(6-5-9-24-17)10-25-16-13(19(21,22)23)11-26-18(28-16)27-15-8-4-3-7-14(15)20/h3-9,11H,10H2,1-2H3,(H2,25,26,27,28). The number of rotatable bonds is 7. The Kier molecular flexibility index (Phi) is 6.74. The van der Waals surface area contributed by atoms with Crippen LogP contribution in [0.15, 0.2) is 48.8 Å². The Hall–Kier alpha value is -3.12. The summed E-state index contributed by atoms with van der Waals surface area (Å²) in [5.41, 5.74) is -0.305. The third kappa shape index (κ3) is 5.56. The molecule has 3 rings (SSSR count). The van der Waals surface area contributed by atoms with Crippen LogP contribution in [0.5, 0.6) is 0 Å². The molecule has 32 heavy (non-hydrogen) atoms. The monoisotopic (exact) mass is 486 g/mol. The summed E-state index contributed by atoms with van der Waals surface area (Å²) in [6, 6.07) is 9.72. The van der Waals surface area contributed by atoms with Gasteiger partial charge in [-0.1, -0.05) is 29.8 Å². The van der Waals surface area contributed by atoms with Gasteiger partial charge >= 0.3 is 6.18 Å². The molecule has 170 valence electrons. The smallest absolute Gasteiger partial charge is 0.365 e. The van der Waals surface area contributed by atoms with Crippen LogP contribution in [0.2, 0.25) is 5.02 Å². The minimum absolute atomic E-state index is 0.0829. The largest absolute Gasteiger partial charge is 0.421 e. The van der Waals surface area contributed by atoms with E-state index < -0.39 is 27.6 Å². The quantitative estimate of drug-likeness (QED) is 0.513. The maximum atomic E-state index is 13.5. The van der Waals surface area contributed by atoms with Crippen LogP contribution in [0.25, 0.3) is 0 Å². The molecule has 0 atom stereocenters. The molecule has 13 heteroatoms. The minimum atomic E-state index is -4.72. The Morgan fingerprint density at radius 3 is 2.50 bits per heavy atom. The maximum Gasteiger partial charge on any atom is 0.421 e. The van der Waals surface area contributed by atoms with Gasteiger partial charge in [0.25, 0.3) is 0 Å². The number of nitrogens with zero attached hydrogens (tertiary/aromatic N) is 4. The van der Waals surface area contributed by atoms with E-state index in [4.69, 9.17) is 11.6 Å². The molecule has 2 aromatic heterocycles. The van der Waals surface area contributed by atoms with Gasteiger partial charge in [-0.25, -0.2) is 18.4 Å². The van der Waals surface area contributed by atoms with Crippen LogP contribution in [0, 0.1) is 0 Å². The lowest BCUT2D eigenvalue weighted by molar-refractivity contribution is -0.137. The fraction of sp³-hybridized carbons (Fsp3) is 0.211. The number of halogens is 4. The number of hydrogen-bond donors (Lipinski definition) is 2. The Bertz CT molecular complexity index is 1220. The van der Waals surface area contributed by atoms with E-state index in [1.54, 1.807) is 36.4 Å². The van der Waals surface area contributed by atoms with Crippen molar-refractivity contribution in [1.29, 1.82) is 0 Å². The van der Waals surface area contributed by atoms with Crippen molar-refractivity contribution in [2.75, 3.05) is 28.2 Å². The third-order valence-electron chi connectivity index (χ3n) is 4.32. The fourth-order valence-electron chi connectivity index (χ4n) is 2.66. The highest BCUT2D eigenvalue weighted by Crippen LogP contribution is 2.35. The second kappa shape index (κ2) is 9.17. The molecule has 2 N–H and O–H groups in total. The van der Waals surface area contributed by atoms with Crippen LogP contribution in [-0.2, 0) is 22.7 Å². The average molecular weight is 487 g/mol. The van der Waals surface area contributed by atoms with E-state index in [0.717, 1.165) is 10.6 Å². The van der Waals surface area contributed by atoms with Gasteiger partial charge in [-0.2, -0.15) is 18.2 Å². The number of nitrogens with one attached hydrogen (secondary N) is 2. The molecule has 2 heterocycles. The zero-order valence-corrected chi connectivity index (χ0v) is 18.4. The average Bonchev–Trinajstić information content (AvgIpc) is 2.72. The summed E-state index contributed by atoms with van der Waals surface area (Å²) < 4.78 is 65.2. The van der Waals surface area contributed by atoms with Gasteiger partial charge in [0.15, 0.2) is 0 Å². The van der Waals surface area contributed by atoms with Crippen LogP contribution in [0.4, 0.5) is 36.4 Å². The van der Waals surface area contributed by atoms with Gasteiger partial charge < -0.3 is 10.6 Å². The predicted molar refractivity (Wildman–Crippen MR) is 117 cm³/mol. The molecule has 0 bridgehead atoms. The summed E-state index contributed by atoms with van der Waals surface area (Å²) in [5.74, 6) is -0.508. The zero-order chi connectivity index (χ0) is 23.5. The van der Waals surface area contributed by atoms with Crippen LogP contribution >= 0.6 is 11.6 Å². The first kappa shape index (κ1) is 23.5. The molecular weight excluding hydrogens is 469 g/mol. The lowest BCUT2D eigenvalue weighted by Gasteiger charge is -2.20. The first-order valence-corrected chi connectivity index (χ1v) is 11.3. The molecule has 0 radical (unpaired) electrons. The molecule has 0 aliphatic rings. The van der Waals surface area contributed by atoms with E-state index in [1.165, 1.54) is 13.2 Å². The van der Waals surface area contributed by atoms with Gasteiger partial charge in [0.2, 0.25) is 16.0 Å². The zero-order valence-electron chi connectivity index (χ0n) is 16.9. The summed E-state index contributed by atoms with van der Waals surface area (Å²) in [4.78, 5) is 11.7. The maximum absolute atomic E-state index is 13.5. The van der Waals surface area contributed by atoms with Gasteiger partial charge in [-0.05, 0) is 18.2 Å². The predicted octanol–water partition coefficient (Wildman–Crippen LogP) is 4.30. The molecular formula is C19H18ClF3N6O2S. The number of pyridine rings is 1. The molecule has 3 aromatic rings. The SMILES string of the molecule is CN(c1ncccc1CNc1nc(Nc2ccccc2Cl)ncc1C(F)(F)F)S(C)(=O)=O. The number of para-hydroxylation sites is 1. The van der Waals surface area contributed by atoms with Crippen LogP contribution in [-0.4, -0.2) is 36.7 Å². The van der Waals surface area contributed by atoms with E-state index in [0.29, 0.717) is 22.5 Å². The van der Waals surface area contributed by atoms with Gasteiger partial charge in [0.05, 0.1) is 17.0 Å². The topological polar surface area (TPSA) is 100 Å². The molecule has 1 aromatic carbocycles. The number of benzene rings is 1. The van der Waals surface area contributed by atoms with Crippen molar-refractivity contribution in [3.8, 4) is 0 Å². The minimum Gasteiger partial charge on any atom is -0.365 e. The van der Waals surface area contributed by atoms with Crippen molar-refractivity contribution in [2.45, 2.75) is 12.7 Å². The normalized spacial score (nSPS) is 11.8. The molecule has 0 saturated heterocycles. The molecule has 0 unspecified atom stereocenters. The lowest BCUT2D eigenvalue weighted by atomic mass is 10.2. The van der Waals surface area contributed by atoms with E-state index in [2.05, 4.69) is 25.6 Å². The summed E-state index contributed by atoms with van der Waals surface area (Å²) in [5, 5.41) is 5.74. The van der Waals surface area contributed by atoms with Crippen molar-refractivity contribution in [2.24, 2.45) is 0 Å². The summed E-state index contributed by atoms with van der Waals surface area (Å²) in [7, 11) is -2.32. The van der Waals surface area contributed by atoms with Crippen molar-refractivity contribution in [3.05, 3.63) is 64.9 Å². The van der Waals surface area contributed by atoms with E-state index in [9.17, 15) is 21.6 Å². The Labute approximate surface area is 187 Å². The summed E-state index contributed by atoms with van der Waals surface area (Å²) in [6.45, 7) is -0.172. The highest BCUT2D eigenvalue weighted by atomic mass is 35.5. The Morgan fingerprint density at radius 2 is 1.84 bits per heavy atom. The van der Waals surface area contributed by atoms with Gasteiger partial charge in [-0.15, -0.1) is 0 Å². The second-order valence-corrected chi connectivity index (χ2v) is 9.05. The number of hydrogen-bond acceptors (Lipinski definition) is 7. The van der Waals surface area contributed by atoms with Crippen LogP contribution in [0.1, 0.15) is 11.1 Å². The number of anilines is 4. The number of aromatic nitrogens is 3. The van der Waals surface area contributed by atoms with Crippen molar-refractivity contribution >= 4 is 44.9 Å². The molecule has 0 aliphatic carbocycles. The Balaban J connectivity index is 1.93. The molecule has 0 amide bonds. The van der Waals surface area contributed by atoms with E-state index in [-0.39, 0.29) is 18.3 Å². The molecule has 0 fully saturated rings. The molecule has 0 saturated carbocycles. The fourth-order valence-corrected chi connectivity index (χ4v) is 3.32. The third-order valence-corrected chi connectivity index (χ3v) is 5.82. The molecule has 8 nitrogen and oxygen atoms in total. The first-order valence-electron chi connectivity index (χ1n) is 9.04. The van der Waals surface area contributed by atoms with Crippen molar-refractivity contribution < 1.29 is 21.6 Å². The van der Waals surface area contributed by atoms with Gasteiger partial charge in [-0.3, -0.25) is 4.31 Å². The highest BCUT2D eigenvalue weighted by Gasteiger charge is 2.35. The second-order valence-electron chi connectivity index (χ2n) is 6.63. The number of sulfonamides is 1. The number of alkyl halides is 3. The molecule has 0 spiro atoms. The van der Waals surface area contributed by atoms with E-state index in [1.807, 2.05) is 0 Å². The highest BCUT2D eigenvalue weighted by molar-refractivity contribution is 7.92. The van der Waals surface area contributed by atoms with Crippen LogP contribution < -0.4 is 14.9 Å². The lowest BCUT2D eigenvalue weighted by Crippen LogP contribution is -2.27. The van der Waals surface area contributed by atoms with Crippen molar-refractivity contribution in [1.82, 2.24) is 15.0 Å². The van der Waals surface area contributed by atoms with Gasteiger partial charge in [0.1, 0.15) is 17.2 Å². The summed E-state index contributed by atoms with van der Waals surface area (Å²) >= 11 is 6.07. The molecule has 0 aliphatic heterocycles. The Morgan fingerprint density at radius 1 is 1.12 bits per heavy atom. The summed E-state index contributed by atoms with van der Waals surface area (Å²) in [6.07, 6.45) is -1.68. The van der Waals surface area contributed by atoms with Crippen molar-refractivity contribution in [3.63, 3.8) is 0 Å².